The summed E-state index contributed by atoms with van der Waals surface area (Å²) in [6.07, 6.45) is 0.689. The summed E-state index contributed by atoms with van der Waals surface area (Å²) in [5.41, 5.74) is 5.44. The van der Waals surface area contributed by atoms with Crippen molar-refractivity contribution in [3.63, 3.8) is 0 Å². The molecule has 0 saturated carbocycles. The normalized spacial score (nSPS) is 13.8. The lowest BCUT2D eigenvalue weighted by Crippen LogP contribution is -2.48. The highest BCUT2D eigenvalue weighted by Gasteiger charge is 2.22. The van der Waals surface area contributed by atoms with E-state index in [2.05, 4.69) is 5.32 Å². The molecule has 0 bridgehead atoms. The fraction of sp³-hybridized carbons (Fsp3) is 0.700. The number of hydrogen-bond donors (Lipinski definition) is 4. The van der Waals surface area contributed by atoms with E-state index in [9.17, 15) is 14.4 Å². The monoisotopic (exact) mass is 246 g/mol. The molecule has 0 saturated heterocycles. The fourth-order valence-electron chi connectivity index (χ4n) is 1.23. The Bertz CT molecular complexity index is 292. The Morgan fingerprint density at radius 1 is 1.24 bits per heavy atom. The number of nitrogens with one attached hydrogen (secondary N) is 1. The number of hydrogen-bond acceptors (Lipinski definition) is 4. The standard InChI is InChI=1S/C10H18N2O5/c1-2-3-7(10(16)17)12-9(15)6(11)4-5-8(13)14/h6-7H,2-5,11H2,1H3,(H,12,15)(H,13,14)(H,16,17). The molecule has 0 aliphatic carbocycles. The van der Waals surface area contributed by atoms with Crippen LogP contribution >= 0.6 is 0 Å². The van der Waals surface area contributed by atoms with Crippen molar-refractivity contribution in [1.29, 1.82) is 0 Å². The van der Waals surface area contributed by atoms with Crippen molar-refractivity contribution in [2.45, 2.75) is 44.7 Å². The molecule has 7 nitrogen and oxygen atoms in total. The maximum Gasteiger partial charge on any atom is 0.326 e. The average Bonchev–Trinajstić information content (AvgIpc) is 2.24. The van der Waals surface area contributed by atoms with Gasteiger partial charge in [0.1, 0.15) is 6.04 Å². The highest BCUT2D eigenvalue weighted by atomic mass is 16.4. The van der Waals surface area contributed by atoms with E-state index in [4.69, 9.17) is 15.9 Å². The summed E-state index contributed by atoms with van der Waals surface area (Å²) in [4.78, 5) is 32.5. The zero-order chi connectivity index (χ0) is 13.4. The minimum Gasteiger partial charge on any atom is -0.481 e. The van der Waals surface area contributed by atoms with Crippen LogP contribution in [-0.4, -0.2) is 40.1 Å². The van der Waals surface area contributed by atoms with Crippen LogP contribution in [0.1, 0.15) is 32.6 Å². The predicted molar refractivity (Wildman–Crippen MR) is 59.3 cm³/mol. The summed E-state index contributed by atoms with van der Waals surface area (Å²) >= 11 is 0. The van der Waals surface area contributed by atoms with Crippen molar-refractivity contribution in [2.75, 3.05) is 0 Å². The second-order valence-corrected chi connectivity index (χ2v) is 3.73. The van der Waals surface area contributed by atoms with Crippen LogP contribution in [0.4, 0.5) is 0 Å². The van der Waals surface area contributed by atoms with E-state index in [1.807, 2.05) is 0 Å². The number of carboxylic acids is 2. The summed E-state index contributed by atoms with van der Waals surface area (Å²) in [5.74, 6) is -2.80. The van der Waals surface area contributed by atoms with Crippen LogP contribution in [0.5, 0.6) is 0 Å². The molecule has 0 aliphatic heterocycles. The van der Waals surface area contributed by atoms with Gasteiger partial charge in [-0.3, -0.25) is 9.59 Å². The molecule has 2 unspecified atom stereocenters. The molecule has 1 amide bonds. The molecular weight excluding hydrogens is 228 g/mol. The third-order valence-electron chi connectivity index (χ3n) is 2.20. The SMILES string of the molecule is CCCC(NC(=O)C(N)CCC(=O)O)C(=O)O. The van der Waals surface area contributed by atoms with Crippen LogP contribution in [-0.2, 0) is 14.4 Å². The van der Waals surface area contributed by atoms with Gasteiger partial charge in [-0.05, 0) is 12.8 Å². The lowest BCUT2D eigenvalue weighted by Gasteiger charge is -2.16. The third-order valence-corrected chi connectivity index (χ3v) is 2.20. The second kappa shape index (κ2) is 7.61. The second-order valence-electron chi connectivity index (χ2n) is 3.73. The summed E-state index contributed by atoms with van der Waals surface area (Å²) in [6, 6.07) is -1.96. The van der Waals surface area contributed by atoms with Crippen LogP contribution in [0.25, 0.3) is 0 Å². The van der Waals surface area contributed by atoms with E-state index in [1.54, 1.807) is 6.92 Å². The lowest BCUT2D eigenvalue weighted by molar-refractivity contribution is -0.142. The van der Waals surface area contributed by atoms with Gasteiger partial charge in [-0.25, -0.2) is 4.79 Å². The van der Waals surface area contributed by atoms with Gasteiger partial charge in [0.25, 0.3) is 0 Å². The summed E-state index contributed by atoms with van der Waals surface area (Å²) in [6.45, 7) is 1.80. The quantitative estimate of drug-likeness (QED) is 0.459. The topological polar surface area (TPSA) is 130 Å². The van der Waals surface area contributed by atoms with E-state index >= 15 is 0 Å². The minimum atomic E-state index is -1.12. The molecule has 17 heavy (non-hydrogen) atoms. The number of carbonyl (C=O) groups is 3. The van der Waals surface area contributed by atoms with E-state index < -0.39 is 29.9 Å². The smallest absolute Gasteiger partial charge is 0.326 e. The van der Waals surface area contributed by atoms with Crippen LogP contribution in [0, 0.1) is 0 Å². The Morgan fingerprint density at radius 2 is 1.82 bits per heavy atom. The number of nitrogens with two attached hydrogens (primary N) is 1. The number of amides is 1. The first-order chi connectivity index (χ1) is 7.88. The minimum absolute atomic E-state index is 0.0143. The largest absolute Gasteiger partial charge is 0.481 e. The first kappa shape index (κ1) is 15.4. The molecule has 7 heteroatoms. The van der Waals surface area contributed by atoms with Gasteiger partial charge in [-0.15, -0.1) is 0 Å². The van der Waals surface area contributed by atoms with E-state index in [0.29, 0.717) is 12.8 Å². The molecular formula is C10H18N2O5. The molecule has 0 spiro atoms. The maximum atomic E-state index is 11.5. The molecule has 0 rings (SSSR count). The van der Waals surface area contributed by atoms with Gasteiger partial charge in [0.05, 0.1) is 6.04 Å². The van der Waals surface area contributed by atoms with Gasteiger partial charge in [-0.2, -0.15) is 0 Å². The molecule has 0 fully saturated rings. The molecule has 5 N–H and O–H groups in total. The molecule has 0 aliphatic rings. The molecule has 0 radical (unpaired) electrons. The van der Waals surface area contributed by atoms with Crippen LogP contribution < -0.4 is 11.1 Å². The van der Waals surface area contributed by atoms with Gasteiger partial charge in [-0.1, -0.05) is 13.3 Å². The first-order valence-electron chi connectivity index (χ1n) is 5.39. The van der Waals surface area contributed by atoms with E-state index in [-0.39, 0.29) is 12.8 Å². The number of aliphatic carboxylic acids is 2. The van der Waals surface area contributed by atoms with E-state index in [0.717, 1.165) is 0 Å². The van der Waals surface area contributed by atoms with Crippen molar-refractivity contribution >= 4 is 17.8 Å². The Labute approximate surface area is 99.0 Å². The molecule has 0 aromatic rings. The molecule has 2 atom stereocenters. The van der Waals surface area contributed by atoms with Crippen molar-refractivity contribution in [2.24, 2.45) is 5.73 Å². The first-order valence-corrected chi connectivity index (χ1v) is 5.39. The maximum absolute atomic E-state index is 11.5. The third kappa shape index (κ3) is 6.52. The van der Waals surface area contributed by atoms with Crippen LogP contribution in [0.3, 0.4) is 0 Å². The van der Waals surface area contributed by atoms with Gasteiger partial charge in [0.15, 0.2) is 0 Å². The highest BCUT2D eigenvalue weighted by Crippen LogP contribution is 2.00. The zero-order valence-electron chi connectivity index (χ0n) is 9.68. The molecule has 0 heterocycles. The van der Waals surface area contributed by atoms with Gasteiger partial charge < -0.3 is 21.3 Å². The van der Waals surface area contributed by atoms with Gasteiger partial charge in [0, 0.05) is 6.42 Å². The Kier molecular flexibility index (Phi) is 6.88. The van der Waals surface area contributed by atoms with E-state index in [1.165, 1.54) is 0 Å². The number of carboxylic acid groups (broad SMARTS) is 2. The molecule has 0 aromatic carbocycles. The Hall–Kier alpha value is -1.63. The zero-order valence-corrected chi connectivity index (χ0v) is 9.68. The van der Waals surface area contributed by atoms with Crippen LogP contribution in [0.2, 0.25) is 0 Å². The van der Waals surface area contributed by atoms with Crippen molar-refractivity contribution < 1.29 is 24.6 Å². The Balaban J connectivity index is 4.20. The summed E-state index contributed by atoms with van der Waals surface area (Å²) in [7, 11) is 0. The summed E-state index contributed by atoms with van der Waals surface area (Å²) in [5, 5.41) is 19.5. The van der Waals surface area contributed by atoms with Gasteiger partial charge >= 0.3 is 11.9 Å². The molecule has 0 aromatic heterocycles. The lowest BCUT2D eigenvalue weighted by atomic mass is 10.1. The van der Waals surface area contributed by atoms with Gasteiger partial charge in [0.2, 0.25) is 5.91 Å². The van der Waals surface area contributed by atoms with Crippen LogP contribution in [0.15, 0.2) is 0 Å². The number of carbonyl (C=O) groups excluding carboxylic acids is 1. The predicted octanol–water partition coefficient (Wildman–Crippen LogP) is -0.452. The fourth-order valence-corrected chi connectivity index (χ4v) is 1.23. The average molecular weight is 246 g/mol. The summed E-state index contributed by atoms with van der Waals surface area (Å²) < 4.78 is 0. The highest BCUT2D eigenvalue weighted by molar-refractivity contribution is 5.87. The molecule has 98 valence electrons. The Morgan fingerprint density at radius 3 is 2.24 bits per heavy atom. The van der Waals surface area contributed by atoms with Crippen molar-refractivity contribution in [3.8, 4) is 0 Å². The van der Waals surface area contributed by atoms with Crippen molar-refractivity contribution in [3.05, 3.63) is 0 Å². The number of rotatable bonds is 8. The van der Waals surface area contributed by atoms with Crippen molar-refractivity contribution in [1.82, 2.24) is 5.32 Å².